The zero-order valence-corrected chi connectivity index (χ0v) is 12.6. The number of piperidine rings is 1. The van der Waals surface area contributed by atoms with Crippen LogP contribution in [0.3, 0.4) is 0 Å². The molecule has 0 spiro atoms. The van der Waals surface area contributed by atoms with Gasteiger partial charge in [-0.3, -0.25) is 9.69 Å². The number of carbonyl (C=O) groups excluding carboxylic acids is 1. The normalized spacial score (nSPS) is 23.6. The number of nitrogens with one attached hydrogen (secondary N) is 1. The lowest BCUT2D eigenvalue weighted by atomic mass is 9.91. The van der Waals surface area contributed by atoms with Crippen molar-refractivity contribution in [3.8, 4) is 0 Å². The van der Waals surface area contributed by atoms with Gasteiger partial charge in [0, 0.05) is 23.3 Å². The lowest BCUT2D eigenvalue weighted by Gasteiger charge is -2.38. The molecule has 1 fully saturated rings. The monoisotopic (exact) mass is 295 g/mol. The molecule has 1 amide bonds. The molecule has 0 bridgehead atoms. The molecule has 1 aliphatic heterocycles. The molecule has 1 aromatic rings. The highest BCUT2D eigenvalue weighted by Gasteiger charge is 2.28. The average molecular weight is 296 g/mol. The molecular weight excluding hydrogens is 274 g/mol. The Morgan fingerprint density at radius 1 is 1.55 bits per heavy atom. The van der Waals surface area contributed by atoms with E-state index in [-0.39, 0.29) is 5.91 Å². The van der Waals surface area contributed by atoms with Crippen LogP contribution in [0.1, 0.15) is 19.8 Å². The van der Waals surface area contributed by atoms with Crippen LogP contribution < -0.4 is 11.1 Å². The molecule has 0 saturated carbocycles. The predicted octanol–water partition coefficient (Wildman–Crippen LogP) is 2.34. The topological polar surface area (TPSA) is 58.4 Å². The second-order valence-corrected chi connectivity index (χ2v) is 5.89. The van der Waals surface area contributed by atoms with Crippen LogP contribution in [0.2, 0.25) is 5.02 Å². The number of halogens is 1. The summed E-state index contributed by atoms with van der Waals surface area (Å²) in [6, 6.07) is 7.49. The number of rotatable bonds is 4. The van der Waals surface area contributed by atoms with Gasteiger partial charge in [-0.2, -0.15) is 0 Å². The molecule has 1 saturated heterocycles. The van der Waals surface area contributed by atoms with E-state index in [2.05, 4.69) is 17.1 Å². The summed E-state index contributed by atoms with van der Waals surface area (Å²) in [4.78, 5) is 14.3. The van der Waals surface area contributed by atoms with Crippen LogP contribution in [0.5, 0.6) is 0 Å². The molecule has 20 heavy (non-hydrogen) atoms. The number of anilines is 1. The fourth-order valence-corrected chi connectivity index (χ4v) is 3.05. The zero-order chi connectivity index (χ0) is 14.5. The minimum atomic E-state index is -0.0141. The molecule has 3 N–H and O–H groups in total. The minimum Gasteiger partial charge on any atom is -0.329 e. The first-order chi connectivity index (χ1) is 9.60. The highest BCUT2D eigenvalue weighted by atomic mass is 35.5. The smallest absolute Gasteiger partial charge is 0.238 e. The minimum absolute atomic E-state index is 0.0141. The molecule has 5 heteroatoms. The fraction of sp³-hybridized carbons (Fsp3) is 0.533. The molecule has 4 nitrogen and oxygen atoms in total. The molecule has 0 aliphatic carbocycles. The van der Waals surface area contributed by atoms with E-state index in [9.17, 15) is 4.79 Å². The van der Waals surface area contributed by atoms with Crippen molar-refractivity contribution in [1.82, 2.24) is 4.90 Å². The maximum absolute atomic E-state index is 12.1. The summed E-state index contributed by atoms with van der Waals surface area (Å²) in [5, 5.41) is 3.50. The number of likely N-dealkylation sites (tertiary alicyclic amines) is 1. The van der Waals surface area contributed by atoms with E-state index in [1.165, 1.54) is 6.42 Å². The quantitative estimate of drug-likeness (QED) is 0.896. The van der Waals surface area contributed by atoms with Crippen LogP contribution in [0.15, 0.2) is 24.3 Å². The Kier molecular flexibility index (Phi) is 5.40. The summed E-state index contributed by atoms with van der Waals surface area (Å²) >= 11 is 5.91. The van der Waals surface area contributed by atoms with Crippen LogP contribution in [0, 0.1) is 5.92 Å². The standard InChI is InChI=1S/C15H22ClN3O/c1-11-4-3-7-19(14(11)9-17)10-15(20)18-13-6-2-5-12(16)8-13/h2,5-6,8,11,14H,3-4,7,9-10,17H2,1H3,(H,18,20). The number of nitrogens with two attached hydrogens (primary N) is 1. The summed E-state index contributed by atoms with van der Waals surface area (Å²) in [5.74, 6) is 0.535. The Labute approximate surface area is 125 Å². The van der Waals surface area contributed by atoms with E-state index >= 15 is 0 Å². The van der Waals surface area contributed by atoms with Crippen molar-refractivity contribution in [2.45, 2.75) is 25.8 Å². The lowest BCUT2D eigenvalue weighted by molar-refractivity contribution is -0.118. The molecule has 2 atom stereocenters. The molecule has 1 aromatic carbocycles. The van der Waals surface area contributed by atoms with Gasteiger partial charge in [-0.25, -0.2) is 0 Å². The van der Waals surface area contributed by atoms with Crippen LogP contribution in [0.25, 0.3) is 0 Å². The Morgan fingerprint density at radius 2 is 2.35 bits per heavy atom. The second kappa shape index (κ2) is 7.07. The summed E-state index contributed by atoms with van der Waals surface area (Å²) in [6.07, 6.45) is 2.32. The van der Waals surface area contributed by atoms with E-state index < -0.39 is 0 Å². The van der Waals surface area contributed by atoms with Crippen molar-refractivity contribution in [2.24, 2.45) is 11.7 Å². The van der Waals surface area contributed by atoms with Crippen LogP contribution >= 0.6 is 11.6 Å². The number of nitrogens with zero attached hydrogens (tertiary/aromatic N) is 1. The summed E-state index contributed by atoms with van der Waals surface area (Å²) < 4.78 is 0. The predicted molar refractivity (Wildman–Crippen MR) is 82.9 cm³/mol. The first-order valence-corrected chi connectivity index (χ1v) is 7.47. The maximum Gasteiger partial charge on any atom is 0.238 e. The van der Waals surface area contributed by atoms with Gasteiger partial charge in [-0.15, -0.1) is 0 Å². The molecule has 110 valence electrons. The summed E-state index contributed by atoms with van der Waals surface area (Å²) in [5.41, 5.74) is 6.57. The van der Waals surface area contributed by atoms with Gasteiger partial charge >= 0.3 is 0 Å². The number of hydrogen-bond donors (Lipinski definition) is 2. The van der Waals surface area contributed by atoms with Crippen molar-refractivity contribution < 1.29 is 4.79 Å². The highest BCUT2D eigenvalue weighted by Crippen LogP contribution is 2.22. The van der Waals surface area contributed by atoms with Gasteiger partial charge in [0.25, 0.3) is 0 Å². The van der Waals surface area contributed by atoms with Crippen molar-refractivity contribution in [3.05, 3.63) is 29.3 Å². The Bertz CT molecular complexity index is 466. The van der Waals surface area contributed by atoms with Crippen LogP contribution in [0.4, 0.5) is 5.69 Å². The lowest BCUT2D eigenvalue weighted by Crippen LogP contribution is -2.51. The Morgan fingerprint density at radius 3 is 3.05 bits per heavy atom. The van der Waals surface area contributed by atoms with Gasteiger partial charge in [-0.05, 0) is 43.5 Å². The number of amides is 1. The van der Waals surface area contributed by atoms with E-state index in [0.29, 0.717) is 30.1 Å². The van der Waals surface area contributed by atoms with E-state index in [1.807, 2.05) is 12.1 Å². The molecule has 1 aliphatic rings. The molecular formula is C15H22ClN3O. The van der Waals surface area contributed by atoms with Crippen LogP contribution in [-0.4, -0.2) is 36.5 Å². The SMILES string of the molecule is CC1CCCN(CC(=O)Nc2cccc(Cl)c2)C1CN. The molecule has 2 unspecified atom stereocenters. The van der Waals surface area contributed by atoms with Gasteiger partial charge < -0.3 is 11.1 Å². The van der Waals surface area contributed by atoms with Crippen molar-refractivity contribution in [1.29, 1.82) is 0 Å². The summed E-state index contributed by atoms with van der Waals surface area (Å²) in [6.45, 7) is 4.14. The van der Waals surface area contributed by atoms with Gasteiger partial charge in [-0.1, -0.05) is 24.6 Å². The molecule has 0 aromatic heterocycles. The first-order valence-electron chi connectivity index (χ1n) is 7.09. The highest BCUT2D eigenvalue weighted by molar-refractivity contribution is 6.30. The third kappa shape index (κ3) is 3.95. The van der Waals surface area contributed by atoms with Gasteiger partial charge in [0.1, 0.15) is 0 Å². The Hall–Kier alpha value is -1.10. The first kappa shape index (κ1) is 15.3. The van der Waals surface area contributed by atoms with Crippen molar-refractivity contribution in [2.75, 3.05) is 25.0 Å². The van der Waals surface area contributed by atoms with E-state index in [4.69, 9.17) is 17.3 Å². The fourth-order valence-electron chi connectivity index (χ4n) is 2.86. The van der Waals surface area contributed by atoms with Gasteiger partial charge in [0.05, 0.1) is 6.54 Å². The van der Waals surface area contributed by atoms with Gasteiger partial charge in [0.2, 0.25) is 5.91 Å². The number of hydrogen-bond acceptors (Lipinski definition) is 3. The van der Waals surface area contributed by atoms with E-state index in [1.54, 1.807) is 12.1 Å². The van der Waals surface area contributed by atoms with Crippen molar-refractivity contribution >= 4 is 23.2 Å². The largest absolute Gasteiger partial charge is 0.329 e. The third-order valence-electron chi connectivity index (χ3n) is 3.93. The molecule has 0 radical (unpaired) electrons. The molecule has 2 rings (SSSR count). The maximum atomic E-state index is 12.1. The Balaban J connectivity index is 1.93. The van der Waals surface area contributed by atoms with Gasteiger partial charge in [0.15, 0.2) is 0 Å². The number of benzene rings is 1. The third-order valence-corrected chi connectivity index (χ3v) is 4.16. The second-order valence-electron chi connectivity index (χ2n) is 5.45. The summed E-state index contributed by atoms with van der Waals surface area (Å²) in [7, 11) is 0. The van der Waals surface area contributed by atoms with E-state index in [0.717, 1.165) is 18.7 Å². The zero-order valence-electron chi connectivity index (χ0n) is 11.8. The molecule has 1 heterocycles. The van der Waals surface area contributed by atoms with Crippen molar-refractivity contribution in [3.63, 3.8) is 0 Å². The average Bonchev–Trinajstić information content (AvgIpc) is 2.38. The van der Waals surface area contributed by atoms with Crippen LogP contribution in [-0.2, 0) is 4.79 Å². The number of carbonyl (C=O) groups is 1.